The van der Waals surface area contributed by atoms with Gasteiger partial charge in [0, 0.05) is 69.4 Å². The fraction of sp³-hybridized carbons (Fsp3) is 0.545. The van der Waals surface area contributed by atoms with E-state index in [0.717, 1.165) is 124 Å². The summed E-state index contributed by atoms with van der Waals surface area (Å²) in [7, 11) is 0. The number of pyridine rings is 7. The summed E-state index contributed by atoms with van der Waals surface area (Å²) in [6.07, 6.45) is 19.7. The van der Waals surface area contributed by atoms with Crippen LogP contribution in [0.15, 0.2) is 74.9 Å². The standard InChI is InChI=1S/7C11H13BrFN/c1-6(2)10-8(13)5-9(12)14-11(10)7-3-4-7;1-6(2)9-10(13)8(7-3-4-7)5-14-11(9)12;1-6(2)10-8(7-3-4-7)5-9(12)14-11(10)13;1-6(2)8-5-14-11(12)10(13)9(8)7-3-4-7;1-6(2)8-5-9(13)11(12)14-10(8)7-3-4-7;1-6(2)8-5-9(7-3-4-7)10(12)14-11(8)13;1-6(2)8-5-9(7-3-4-7)11(13)14-10(8)12/h7*5-7H,3-4H2,1-2H3. The Kier molecular flexibility index (Phi) is 29.3. The zero-order valence-electron chi connectivity index (χ0n) is 58.4. The van der Waals surface area contributed by atoms with Gasteiger partial charge in [0.25, 0.3) is 0 Å². The van der Waals surface area contributed by atoms with Crippen LogP contribution >= 0.6 is 112 Å². The maximum absolute atomic E-state index is 14.0. The molecule has 7 aliphatic carbocycles. The molecule has 7 heterocycles. The van der Waals surface area contributed by atoms with Crippen molar-refractivity contribution in [2.24, 2.45) is 0 Å². The molecule has 0 bridgehead atoms. The Hall–Kier alpha value is -3.08. The van der Waals surface area contributed by atoms with E-state index in [4.69, 9.17) is 0 Å². The topological polar surface area (TPSA) is 90.2 Å². The van der Waals surface area contributed by atoms with Crippen molar-refractivity contribution in [1.29, 1.82) is 0 Å². The highest BCUT2D eigenvalue weighted by atomic mass is 79.9. The van der Waals surface area contributed by atoms with Gasteiger partial charge in [-0.3, -0.25) is 0 Å². The van der Waals surface area contributed by atoms with Crippen molar-refractivity contribution in [3.05, 3.63) is 194 Å². The van der Waals surface area contributed by atoms with E-state index in [-0.39, 0.29) is 64.8 Å². The van der Waals surface area contributed by atoms with Crippen molar-refractivity contribution in [3.8, 4) is 0 Å². The Bertz CT molecular complexity index is 3680. The van der Waals surface area contributed by atoms with Gasteiger partial charge in [0.05, 0.1) is 5.69 Å². The van der Waals surface area contributed by atoms with Crippen LogP contribution in [0.5, 0.6) is 0 Å². The second kappa shape index (κ2) is 35.6. The highest BCUT2D eigenvalue weighted by Gasteiger charge is 2.35. The van der Waals surface area contributed by atoms with Gasteiger partial charge in [-0.05, 0) is 330 Å². The lowest BCUT2D eigenvalue weighted by atomic mass is 9.96. The molecule has 7 saturated carbocycles. The average Bonchev–Trinajstić information content (AvgIpc) is 1.66. The molecule has 7 nitrogen and oxygen atoms in total. The molecule has 0 amide bonds. The van der Waals surface area contributed by atoms with Crippen LogP contribution in [0.2, 0.25) is 0 Å². The van der Waals surface area contributed by atoms with Crippen LogP contribution in [-0.2, 0) is 0 Å². The van der Waals surface area contributed by atoms with E-state index >= 15 is 0 Å². The molecule has 0 aromatic carbocycles. The van der Waals surface area contributed by atoms with Crippen LogP contribution < -0.4 is 0 Å². The molecule has 0 saturated heterocycles. The van der Waals surface area contributed by atoms with Crippen molar-refractivity contribution in [1.82, 2.24) is 34.9 Å². The van der Waals surface area contributed by atoms with Crippen molar-refractivity contribution >= 4 is 112 Å². The SMILES string of the molecule is CC(C)c1c(Br)ncc(C2CC2)c1F.CC(C)c1c(C2CC2)cc(Br)nc1F.CC(C)c1c(F)cc(Br)nc1C1CC1.CC(C)c1cc(C2CC2)c(Br)nc1F.CC(C)c1cc(C2CC2)c(F)nc1Br.CC(C)c1cc(F)c(Br)nc1C1CC1.CC(C)c1cnc(Br)c(F)c1C1CC1. The van der Waals surface area contributed by atoms with Crippen LogP contribution in [0.25, 0.3) is 0 Å². The van der Waals surface area contributed by atoms with Gasteiger partial charge in [0.2, 0.25) is 17.8 Å². The lowest BCUT2D eigenvalue weighted by molar-refractivity contribution is 0.549. The lowest BCUT2D eigenvalue weighted by Gasteiger charge is -2.13. The van der Waals surface area contributed by atoms with E-state index in [0.29, 0.717) is 91.4 Å². The Balaban J connectivity index is 0.000000146. The maximum Gasteiger partial charge on any atom is 0.217 e. The Morgan fingerprint density at radius 2 is 0.745 bits per heavy atom. The van der Waals surface area contributed by atoms with Gasteiger partial charge in [-0.1, -0.05) is 96.9 Å². The molecule has 7 aliphatic rings. The number of hydrogen-bond acceptors (Lipinski definition) is 7. The molecule has 532 valence electrons. The Morgan fingerprint density at radius 3 is 1.24 bits per heavy atom. The Morgan fingerprint density at radius 1 is 0.296 bits per heavy atom. The highest BCUT2D eigenvalue weighted by Crippen LogP contribution is 2.50. The smallest absolute Gasteiger partial charge is 0.217 e. The first-order valence-corrected chi connectivity index (χ1v) is 40.2. The minimum Gasteiger partial charge on any atom is -0.249 e. The summed E-state index contributed by atoms with van der Waals surface area (Å²) in [6.45, 7) is 28.5. The number of nitrogens with zero attached hydrogens (tertiary/aromatic N) is 7. The maximum atomic E-state index is 14.0. The van der Waals surface area contributed by atoms with Crippen LogP contribution in [0.1, 0.15) is 348 Å². The van der Waals surface area contributed by atoms with Gasteiger partial charge >= 0.3 is 0 Å². The second-order valence-electron chi connectivity index (χ2n) is 29.2. The zero-order valence-corrected chi connectivity index (χ0v) is 69.5. The minimum absolute atomic E-state index is 0.0515. The number of hydrogen-bond donors (Lipinski definition) is 0. The summed E-state index contributed by atoms with van der Waals surface area (Å²) in [4.78, 5) is 28.5. The summed E-state index contributed by atoms with van der Waals surface area (Å²) in [5, 5.41) is 0. The van der Waals surface area contributed by atoms with E-state index < -0.39 is 0 Å². The largest absolute Gasteiger partial charge is 0.249 e. The summed E-state index contributed by atoms with van der Waals surface area (Å²) < 4.78 is 99.2. The minimum atomic E-state index is -0.337. The van der Waals surface area contributed by atoms with Crippen LogP contribution in [0, 0.1) is 41.1 Å². The average molecular weight is 1810 g/mol. The highest BCUT2D eigenvalue weighted by molar-refractivity contribution is 9.11. The predicted octanol–water partition coefficient (Wildman–Crippen LogP) is 27.9. The molecule has 98 heavy (non-hydrogen) atoms. The van der Waals surface area contributed by atoms with Gasteiger partial charge in [-0.25, -0.2) is 52.4 Å². The summed E-state index contributed by atoms with van der Waals surface area (Å²) >= 11 is 22.7. The van der Waals surface area contributed by atoms with E-state index in [1.807, 2.05) is 73.6 Å². The number of halogens is 14. The van der Waals surface area contributed by atoms with Crippen LogP contribution in [0.4, 0.5) is 30.7 Å². The molecule has 0 N–H and O–H groups in total. The molecule has 0 radical (unpaired) electrons. The van der Waals surface area contributed by atoms with Gasteiger partial charge in [0.15, 0.2) is 11.6 Å². The summed E-state index contributed by atoms with van der Waals surface area (Å²) in [5.74, 6) is 3.89. The van der Waals surface area contributed by atoms with Gasteiger partial charge in [0.1, 0.15) is 43.9 Å². The molecular weight excluding hydrogens is 1720 g/mol. The quantitative estimate of drug-likeness (QED) is 0.0791. The third-order valence-corrected chi connectivity index (χ3v) is 22.1. The van der Waals surface area contributed by atoms with Gasteiger partial charge in [-0.15, -0.1) is 0 Å². The molecule has 0 atom stereocenters. The molecule has 7 aromatic rings. The molecule has 14 rings (SSSR count). The fourth-order valence-electron chi connectivity index (χ4n) is 11.8. The summed E-state index contributed by atoms with van der Waals surface area (Å²) in [6, 6.07) is 8.98. The molecule has 0 spiro atoms. The van der Waals surface area contributed by atoms with E-state index in [9.17, 15) is 30.7 Å². The van der Waals surface area contributed by atoms with Crippen molar-refractivity contribution < 1.29 is 30.7 Å². The molecule has 0 aliphatic heterocycles. The van der Waals surface area contributed by atoms with Gasteiger partial charge in [-0.2, -0.15) is 13.2 Å². The monoisotopic (exact) mass is 1800 g/mol. The molecular formula is C77H91Br7F7N7. The van der Waals surface area contributed by atoms with Crippen LogP contribution in [0.3, 0.4) is 0 Å². The van der Waals surface area contributed by atoms with E-state index in [1.165, 1.54) is 50.2 Å². The van der Waals surface area contributed by atoms with Crippen molar-refractivity contribution in [2.75, 3.05) is 0 Å². The van der Waals surface area contributed by atoms with Crippen LogP contribution in [-0.4, -0.2) is 34.9 Å². The zero-order chi connectivity index (χ0) is 72.0. The first-order chi connectivity index (χ1) is 46.2. The lowest BCUT2D eigenvalue weighted by Crippen LogP contribution is -2.02. The number of rotatable bonds is 14. The molecule has 0 unspecified atom stereocenters. The first kappa shape index (κ1) is 80.6. The fourth-order valence-corrected chi connectivity index (χ4v) is 15.3. The molecule has 7 fully saturated rings. The first-order valence-electron chi connectivity index (χ1n) is 34.6. The van der Waals surface area contributed by atoms with E-state index in [2.05, 4.69) is 188 Å². The number of aromatic nitrogens is 7. The predicted molar refractivity (Wildman–Crippen MR) is 406 cm³/mol. The van der Waals surface area contributed by atoms with Crippen molar-refractivity contribution in [2.45, 2.75) is 270 Å². The van der Waals surface area contributed by atoms with Gasteiger partial charge < -0.3 is 0 Å². The third-order valence-electron chi connectivity index (χ3n) is 18.3. The third kappa shape index (κ3) is 22.2. The Labute approximate surface area is 635 Å². The molecule has 21 heteroatoms. The summed E-state index contributed by atoms with van der Waals surface area (Å²) in [5.41, 5.74) is 13.2. The molecule has 7 aromatic heterocycles. The normalized spacial score (nSPS) is 16.4. The van der Waals surface area contributed by atoms with E-state index in [1.54, 1.807) is 18.5 Å². The second-order valence-corrected chi connectivity index (χ2v) is 34.5. The van der Waals surface area contributed by atoms with Crippen molar-refractivity contribution in [3.63, 3.8) is 0 Å².